The zero-order chi connectivity index (χ0) is 15.4. The average molecular weight is 352 g/mol. The molecule has 1 N–H and O–H groups in total. The highest BCUT2D eigenvalue weighted by Crippen LogP contribution is 2.15. The van der Waals surface area contributed by atoms with Gasteiger partial charge in [0.15, 0.2) is 0 Å². The third-order valence-electron chi connectivity index (χ3n) is 3.13. The number of amides is 1. The van der Waals surface area contributed by atoms with E-state index in [1.807, 2.05) is 54.7 Å². The molecule has 6 nitrogen and oxygen atoms in total. The van der Waals surface area contributed by atoms with Crippen molar-refractivity contribution < 1.29 is 4.79 Å². The Morgan fingerprint density at radius 3 is 2.86 bits per heavy atom. The molecule has 0 aromatic carbocycles. The van der Waals surface area contributed by atoms with E-state index < -0.39 is 0 Å². The van der Waals surface area contributed by atoms with Gasteiger partial charge in [0.2, 0.25) is 5.91 Å². The number of carbonyl (C=O) groups is 1. The van der Waals surface area contributed by atoms with Crippen molar-refractivity contribution >= 4 is 27.5 Å². The molecule has 7 heteroatoms. The number of hydrazone groups is 1. The second kappa shape index (κ2) is 6.71. The molecule has 0 saturated heterocycles. The third kappa shape index (κ3) is 3.81. The summed E-state index contributed by atoms with van der Waals surface area (Å²) in [6, 6.07) is 3.82. The Morgan fingerprint density at radius 2 is 2.29 bits per heavy atom. The molecule has 1 amide bonds. The largest absolute Gasteiger partial charge is 0.354 e. The first-order valence-corrected chi connectivity index (χ1v) is 7.47. The molecule has 0 unspecified atom stereocenters. The number of nitrogens with zero attached hydrogens (tertiary/aromatic N) is 4. The predicted molar refractivity (Wildman–Crippen MR) is 85.1 cm³/mol. The van der Waals surface area contributed by atoms with Crippen LogP contribution in [0.25, 0.3) is 0 Å². The van der Waals surface area contributed by atoms with Crippen molar-refractivity contribution in [2.75, 3.05) is 0 Å². The van der Waals surface area contributed by atoms with Crippen LogP contribution in [0.2, 0.25) is 0 Å². The fraction of sp³-hybridized carbons (Fsp3) is 0.357. The number of carbonyl (C=O) groups excluding carboxylic acids is 1. The molecule has 0 aliphatic heterocycles. The van der Waals surface area contributed by atoms with E-state index in [2.05, 4.69) is 31.6 Å². The lowest BCUT2D eigenvalue weighted by Crippen LogP contribution is -2.22. The molecule has 0 spiro atoms. The monoisotopic (exact) mass is 351 g/mol. The van der Waals surface area contributed by atoms with Gasteiger partial charge >= 0.3 is 0 Å². The van der Waals surface area contributed by atoms with Gasteiger partial charge in [-0.2, -0.15) is 10.2 Å². The minimum Gasteiger partial charge on any atom is -0.354 e. The fourth-order valence-corrected chi connectivity index (χ4v) is 2.49. The molecule has 2 aromatic heterocycles. The van der Waals surface area contributed by atoms with Crippen molar-refractivity contribution in [2.24, 2.45) is 12.1 Å². The lowest BCUT2D eigenvalue weighted by molar-refractivity contribution is -0.120. The number of hydrogen-bond donors (Lipinski definition) is 1. The Balaban J connectivity index is 2.01. The van der Waals surface area contributed by atoms with Gasteiger partial charge in [0.25, 0.3) is 0 Å². The van der Waals surface area contributed by atoms with E-state index >= 15 is 0 Å². The highest BCUT2D eigenvalue weighted by atomic mass is 79.9. The first kappa shape index (κ1) is 15.5. The molecule has 2 rings (SSSR count). The van der Waals surface area contributed by atoms with E-state index in [-0.39, 0.29) is 5.91 Å². The van der Waals surface area contributed by atoms with Crippen molar-refractivity contribution in [1.82, 2.24) is 19.8 Å². The van der Waals surface area contributed by atoms with Gasteiger partial charge in [0, 0.05) is 31.7 Å². The molecule has 0 saturated carbocycles. The summed E-state index contributed by atoms with van der Waals surface area (Å²) in [4.78, 5) is 11.9. The molecule has 21 heavy (non-hydrogen) atoms. The fourth-order valence-electron chi connectivity index (χ4n) is 1.89. The van der Waals surface area contributed by atoms with Crippen molar-refractivity contribution in [1.29, 1.82) is 0 Å². The number of rotatable bonds is 5. The minimum absolute atomic E-state index is 0.151. The number of aromatic nitrogens is 3. The first-order valence-electron chi connectivity index (χ1n) is 6.68. The first-order chi connectivity index (χ1) is 10.0. The summed E-state index contributed by atoms with van der Waals surface area (Å²) in [5.41, 5.74) is 4.90. The van der Waals surface area contributed by atoms with Crippen LogP contribution in [0.1, 0.15) is 25.2 Å². The molecule has 0 fully saturated rings. The van der Waals surface area contributed by atoms with Crippen LogP contribution >= 0.6 is 15.9 Å². The zero-order valence-electron chi connectivity index (χ0n) is 12.3. The summed E-state index contributed by atoms with van der Waals surface area (Å²) in [7, 11) is 1.91. The van der Waals surface area contributed by atoms with Gasteiger partial charge in [-0.1, -0.05) is 0 Å². The highest BCUT2D eigenvalue weighted by Gasteiger charge is 2.10. The van der Waals surface area contributed by atoms with Crippen LogP contribution in [-0.4, -0.2) is 26.0 Å². The summed E-state index contributed by atoms with van der Waals surface area (Å²) < 4.78 is 4.59. The van der Waals surface area contributed by atoms with E-state index in [0.717, 1.165) is 22.4 Å². The molecular weight excluding hydrogens is 334 g/mol. The van der Waals surface area contributed by atoms with Gasteiger partial charge in [-0.05, 0) is 41.9 Å². The van der Waals surface area contributed by atoms with Gasteiger partial charge in [-0.15, -0.1) is 0 Å². The Kier molecular flexibility index (Phi) is 4.95. The summed E-state index contributed by atoms with van der Waals surface area (Å²) in [6.07, 6.45) is 4.09. The Morgan fingerprint density at radius 1 is 1.52 bits per heavy atom. The van der Waals surface area contributed by atoms with Gasteiger partial charge in [0.05, 0.1) is 16.6 Å². The molecule has 2 aromatic rings. The second-order valence-electron chi connectivity index (χ2n) is 4.70. The maximum atomic E-state index is 11.9. The molecule has 2 heterocycles. The van der Waals surface area contributed by atoms with Gasteiger partial charge < -0.3 is 4.57 Å². The van der Waals surface area contributed by atoms with Crippen molar-refractivity contribution in [2.45, 2.75) is 26.8 Å². The van der Waals surface area contributed by atoms with E-state index in [0.29, 0.717) is 12.1 Å². The molecule has 0 atom stereocenters. The average Bonchev–Trinajstić information content (AvgIpc) is 3.02. The van der Waals surface area contributed by atoms with Gasteiger partial charge in [-0.3, -0.25) is 9.48 Å². The molecule has 112 valence electrons. The predicted octanol–water partition coefficient (Wildman–Crippen LogP) is 2.09. The van der Waals surface area contributed by atoms with Crippen LogP contribution in [0.4, 0.5) is 0 Å². The van der Waals surface area contributed by atoms with Crippen LogP contribution in [0.3, 0.4) is 0 Å². The summed E-state index contributed by atoms with van der Waals surface area (Å²) >= 11 is 3.44. The van der Waals surface area contributed by atoms with Crippen LogP contribution < -0.4 is 5.43 Å². The highest BCUT2D eigenvalue weighted by molar-refractivity contribution is 9.10. The van der Waals surface area contributed by atoms with Crippen LogP contribution in [0, 0.1) is 0 Å². The molecule has 0 aliphatic rings. The summed E-state index contributed by atoms with van der Waals surface area (Å²) in [6.45, 7) is 4.61. The van der Waals surface area contributed by atoms with Crippen molar-refractivity contribution in [3.63, 3.8) is 0 Å². The van der Waals surface area contributed by atoms with E-state index in [1.165, 1.54) is 0 Å². The Hall–Kier alpha value is -1.89. The van der Waals surface area contributed by atoms with Crippen molar-refractivity contribution in [3.8, 4) is 0 Å². The smallest absolute Gasteiger partial charge is 0.246 e. The lowest BCUT2D eigenvalue weighted by Gasteiger charge is -2.03. The molecule has 0 aliphatic carbocycles. The van der Waals surface area contributed by atoms with Crippen molar-refractivity contribution in [3.05, 3.63) is 40.4 Å². The van der Waals surface area contributed by atoms with Crippen LogP contribution in [0.5, 0.6) is 0 Å². The maximum absolute atomic E-state index is 11.9. The SMILES string of the molecule is CCn1cc(Br)c(/C(C)=N\NC(=O)Cc2cccn2C)n1. The Labute approximate surface area is 132 Å². The van der Waals surface area contributed by atoms with Crippen LogP contribution in [0.15, 0.2) is 34.1 Å². The van der Waals surface area contributed by atoms with E-state index in [4.69, 9.17) is 0 Å². The summed E-state index contributed by atoms with van der Waals surface area (Å²) in [5, 5.41) is 8.49. The van der Waals surface area contributed by atoms with E-state index in [9.17, 15) is 4.79 Å². The normalized spacial score (nSPS) is 11.7. The zero-order valence-corrected chi connectivity index (χ0v) is 13.9. The number of aryl methyl sites for hydroxylation is 2. The van der Waals surface area contributed by atoms with Gasteiger partial charge in [0.1, 0.15) is 5.69 Å². The molecular formula is C14H18BrN5O. The Bertz CT molecular complexity index is 671. The maximum Gasteiger partial charge on any atom is 0.246 e. The standard InChI is InChI=1S/C14H18BrN5O/c1-4-20-9-12(15)14(18-20)10(2)16-17-13(21)8-11-6-5-7-19(11)3/h5-7,9H,4,8H2,1-3H3,(H,17,21)/b16-10-. The number of hydrogen-bond acceptors (Lipinski definition) is 3. The molecule has 0 bridgehead atoms. The van der Waals surface area contributed by atoms with Gasteiger partial charge in [-0.25, -0.2) is 5.43 Å². The van der Waals surface area contributed by atoms with Crippen LogP contribution in [-0.2, 0) is 24.8 Å². The quantitative estimate of drug-likeness (QED) is 0.662. The second-order valence-corrected chi connectivity index (χ2v) is 5.56. The lowest BCUT2D eigenvalue weighted by atomic mass is 10.3. The number of nitrogens with one attached hydrogen (secondary N) is 1. The molecule has 0 radical (unpaired) electrons. The topological polar surface area (TPSA) is 64.2 Å². The number of halogens is 1. The third-order valence-corrected chi connectivity index (χ3v) is 3.71. The minimum atomic E-state index is -0.151. The summed E-state index contributed by atoms with van der Waals surface area (Å²) in [5.74, 6) is -0.151. The van der Waals surface area contributed by atoms with E-state index in [1.54, 1.807) is 0 Å².